The number of para-hydroxylation sites is 1. The van der Waals surface area contributed by atoms with E-state index in [1.807, 2.05) is 47.0 Å². The summed E-state index contributed by atoms with van der Waals surface area (Å²) in [5.74, 6) is 1.77. The third-order valence-electron chi connectivity index (χ3n) is 4.99. The van der Waals surface area contributed by atoms with Gasteiger partial charge >= 0.3 is 0 Å². The molecule has 9 heteroatoms. The van der Waals surface area contributed by atoms with Crippen molar-refractivity contribution < 1.29 is 13.2 Å². The average molecular weight is 514 g/mol. The van der Waals surface area contributed by atoms with Gasteiger partial charge in [0.2, 0.25) is 0 Å². The molecule has 3 aromatic carbocycles. The topological polar surface area (TPSA) is 74.1 Å². The number of ether oxygens (including phenoxy) is 1. The Morgan fingerprint density at radius 2 is 1.53 bits per heavy atom. The van der Waals surface area contributed by atoms with Crippen molar-refractivity contribution in [3.8, 4) is 11.4 Å². The van der Waals surface area contributed by atoms with E-state index in [4.69, 9.17) is 16.3 Å². The van der Waals surface area contributed by atoms with Crippen molar-refractivity contribution in [3.05, 3.63) is 95.8 Å². The molecule has 0 aliphatic heterocycles. The SMILES string of the molecule is O=S(=O)(Cc1nnc(SCCCCOc2ccc(Cl)cc2)n1-c1ccccc1)c1ccccc1. The maximum absolute atomic E-state index is 13.0. The summed E-state index contributed by atoms with van der Waals surface area (Å²) in [6.07, 6.45) is 1.79. The zero-order valence-electron chi connectivity index (χ0n) is 18.4. The van der Waals surface area contributed by atoms with Gasteiger partial charge in [-0.15, -0.1) is 10.2 Å². The fourth-order valence-corrected chi connectivity index (χ4v) is 5.65. The highest BCUT2D eigenvalue weighted by Crippen LogP contribution is 2.25. The molecule has 0 spiro atoms. The van der Waals surface area contributed by atoms with Gasteiger partial charge in [0.05, 0.1) is 11.5 Å². The molecule has 0 amide bonds. The zero-order chi connectivity index (χ0) is 23.8. The Morgan fingerprint density at radius 1 is 0.853 bits per heavy atom. The van der Waals surface area contributed by atoms with Crippen LogP contribution in [0.2, 0.25) is 5.02 Å². The molecule has 0 N–H and O–H groups in total. The minimum absolute atomic E-state index is 0.228. The van der Waals surface area contributed by atoms with Gasteiger partial charge in [0, 0.05) is 16.5 Å². The van der Waals surface area contributed by atoms with E-state index in [-0.39, 0.29) is 10.6 Å². The number of hydrogen-bond donors (Lipinski definition) is 0. The number of benzene rings is 3. The van der Waals surface area contributed by atoms with Crippen LogP contribution in [-0.4, -0.2) is 35.5 Å². The van der Waals surface area contributed by atoms with Gasteiger partial charge in [-0.3, -0.25) is 4.57 Å². The summed E-state index contributed by atoms with van der Waals surface area (Å²) in [7, 11) is -3.55. The first-order valence-corrected chi connectivity index (χ1v) is 13.8. The monoisotopic (exact) mass is 513 g/mol. The molecule has 0 saturated heterocycles. The molecular formula is C25H24ClN3O3S2. The summed E-state index contributed by atoms with van der Waals surface area (Å²) in [5.41, 5.74) is 0.833. The van der Waals surface area contributed by atoms with Crippen LogP contribution in [0.5, 0.6) is 5.75 Å². The predicted octanol–water partition coefficient (Wildman–Crippen LogP) is 5.85. The van der Waals surface area contributed by atoms with Crippen LogP contribution in [0, 0.1) is 0 Å². The lowest BCUT2D eigenvalue weighted by molar-refractivity contribution is 0.310. The highest BCUT2D eigenvalue weighted by Gasteiger charge is 2.22. The highest BCUT2D eigenvalue weighted by atomic mass is 35.5. The van der Waals surface area contributed by atoms with Crippen molar-refractivity contribution in [2.75, 3.05) is 12.4 Å². The van der Waals surface area contributed by atoms with Crippen molar-refractivity contribution in [3.63, 3.8) is 0 Å². The first-order chi connectivity index (χ1) is 16.5. The summed E-state index contributed by atoms with van der Waals surface area (Å²) in [6, 6.07) is 25.3. The lowest BCUT2D eigenvalue weighted by Crippen LogP contribution is -2.11. The molecule has 0 fully saturated rings. The molecule has 4 rings (SSSR count). The first kappa shape index (κ1) is 24.3. The zero-order valence-corrected chi connectivity index (χ0v) is 20.8. The van der Waals surface area contributed by atoms with Gasteiger partial charge in [-0.25, -0.2) is 8.42 Å². The van der Waals surface area contributed by atoms with E-state index < -0.39 is 9.84 Å². The average Bonchev–Trinajstić information content (AvgIpc) is 3.25. The molecule has 0 bridgehead atoms. The van der Waals surface area contributed by atoms with Gasteiger partial charge < -0.3 is 4.74 Å². The lowest BCUT2D eigenvalue weighted by atomic mass is 10.3. The van der Waals surface area contributed by atoms with E-state index in [0.29, 0.717) is 22.6 Å². The van der Waals surface area contributed by atoms with Crippen LogP contribution in [-0.2, 0) is 15.6 Å². The van der Waals surface area contributed by atoms with Gasteiger partial charge in [0.25, 0.3) is 0 Å². The van der Waals surface area contributed by atoms with Gasteiger partial charge in [0.1, 0.15) is 11.5 Å². The molecule has 0 radical (unpaired) electrons. The maximum Gasteiger partial charge on any atom is 0.195 e. The third kappa shape index (κ3) is 6.40. The normalized spacial score (nSPS) is 11.4. The largest absolute Gasteiger partial charge is 0.494 e. The number of sulfone groups is 1. The summed E-state index contributed by atoms with van der Waals surface area (Å²) in [4.78, 5) is 0.271. The van der Waals surface area contributed by atoms with Gasteiger partial charge in [-0.05, 0) is 61.4 Å². The highest BCUT2D eigenvalue weighted by molar-refractivity contribution is 7.99. The van der Waals surface area contributed by atoms with E-state index >= 15 is 0 Å². The summed E-state index contributed by atoms with van der Waals surface area (Å²) in [5, 5.41) is 9.91. The molecule has 4 aromatic rings. The number of thioether (sulfide) groups is 1. The summed E-state index contributed by atoms with van der Waals surface area (Å²) >= 11 is 7.45. The van der Waals surface area contributed by atoms with E-state index in [1.54, 1.807) is 54.2 Å². The second kappa shape index (κ2) is 11.6. The Balaban J connectivity index is 1.41. The van der Waals surface area contributed by atoms with E-state index in [2.05, 4.69) is 10.2 Å². The summed E-state index contributed by atoms with van der Waals surface area (Å²) < 4.78 is 33.5. The minimum atomic E-state index is -3.55. The van der Waals surface area contributed by atoms with Gasteiger partial charge in [0.15, 0.2) is 20.8 Å². The number of unbranched alkanes of at least 4 members (excludes halogenated alkanes) is 1. The molecular weight excluding hydrogens is 490 g/mol. The van der Waals surface area contributed by atoms with Crippen molar-refractivity contribution in [2.24, 2.45) is 0 Å². The van der Waals surface area contributed by atoms with Crippen LogP contribution in [0.15, 0.2) is 95.0 Å². The maximum atomic E-state index is 13.0. The smallest absolute Gasteiger partial charge is 0.195 e. The molecule has 34 heavy (non-hydrogen) atoms. The van der Waals surface area contributed by atoms with E-state index in [0.717, 1.165) is 30.0 Å². The molecule has 0 aliphatic rings. The number of halogens is 1. The van der Waals surface area contributed by atoms with Gasteiger partial charge in [-0.2, -0.15) is 0 Å². The Labute approximate surface area is 208 Å². The van der Waals surface area contributed by atoms with Crippen LogP contribution in [0.3, 0.4) is 0 Å². The lowest BCUT2D eigenvalue weighted by Gasteiger charge is -2.11. The van der Waals surface area contributed by atoms with Crippen LogP contribution in [0.25, 0.3) is 5.69 Å². The number of aromatic nitrogens is 3. The fourth-order valence-electron chi connectivity index (χ4n) is 3.29. The third-order valence-corrected chi connectivity index (χ3v) is 7.88. The number of nitrogens with zero attached hydrogens (tertiary/aromatic N) is 3. The quantitative estimate of drug-likeness (QED) is 0.185. The molecule has 0 unspecified atom stereocenters. The van der Waals surface area contributed by atoms with E-state index in [9.17, 15) is 8.42 Å². The van der Waals surface area contributed by atoms with Crippen molar-refractivity contribution in [1.82, 2.24) is 14.8 Å². The van der Waals surface area contributed by atoms with Crippen LogP contribution < -0.4 is 4.74 Å². The molecule has 1 aromatic heterocycles. The molecule has 176 valence electrons. The molecule has 6 nitrogen and oxygen atoms in total. The van der Waals surface area contributed by atoms with Crippen molar-refractivity contribution in [2.45, 2.75) is 28.6 Å². The minimum Gasteiger partial charge on any atom is -0.494 e. The molecule has 1 heterocycles. The second-order valence-corrected chi connectivity index (χ2v) is 11.0. The Bertz CT molecular complexity index is 1300. The van der Waals surface area contributed by atoms with Crippen molar-refractivity contribution in [1.29, 1.82) is 0 Å². The van der Waals surface area contributed by atoms with Crippen molar-refractivity contribution >= 4 is 33.2 Å². The van der Waals surface area contributed by atoms with Crippen LogP contribution in [0.1, 0.15) is 18.7 Å². The van der Waals surface area contributed by atoms with Gasteiger partial charge in [-0.1, -0.05) is 59.8 Å². The number of hydrogen-bond acceptors (Lipinski definition) is 6. The molecule has 0 saturated carbocycles. The molecule has 0 atom stereocenters. The fraction of sp³-hybridized carbons (Fsp3) is 0.200. The van der Waals surface area contributed by atoms with E-state index in [1.165, 1.54) is 0 Å². The standard InChI is InChI=1S/C25H24ClN3O3S2/c26-20-13-15-22(16-14-20)32-17-7-8-18-33-25-28-27-24(29(25)21-9-3-1-4-10-21)19-34(30,31)23-11-5-2-6-12-23/h1-6,9-16H,7-8,17-19H2. The van der Waals surface area contributed by atoms with Crippen LogP contribution >= 0.6 is 23.4 Å². The second-order valence-electron chi connectivity index (χ2n) is 7.50. The first-order valence-electron chi connectivity index (χ1n) is 10.8. The molecule has 0 aliphatic carbocycles. The van der Waals surface area contributed by atoms with Crippen LogP contribution in [0.4, 0.5) is 0 Å². The predicted molar refractivity (Wildman–Crippen MR) is 136 cm³/mol. The Kier molecular flexibility index (Phi) is 8.26. The Hall–Kier alpha value is -2.81. The Morgan fingerprint density at radius 3 is 2.24 bits per heavy atom. The number of rotatable bonds is 11. The summed E-state index contributed by atoms with van der Waals surface area (Å²) in [6.45, 7) is 0.605.